The predicted octanol–water partition coefficient (Wildman–Crippen LogP) is 0.0283. The van der Waals surface area contributed by atoms with Crippen LogP contribution in [0.4, 0.5) is 0 Å². The first-order valence-corrected chi connectivity index (χ1v) is 8.10. The van der Waals surface area contributed by atoms with Gasteiger partial charge in [-0.1, -0.05) is 0 Å². The largest absolute Gasteiger partial charge is 0.368 e. The molecule has 0 aromatic rings. The van der Waals surface area contributed by atoms with Crippen LogP contribution in [-0.4, -0.2) is 54.0 Å². The van der Waals surface area contributed by atoms with Gasteiger partial charge in [0.05, 0.1) is 0 Å². The summed E-state index contributed by atoms with van der Waals surface area (Å²) in [6.45, 7) is 3.54. The first-order chi connectivity index (χ1) is 8.50. The molecular weight excluding hydrogens is 252 g/mol. The first-order valence-electron chi connectivity index (χ1n) is 6.37. The lowest BCUT2D eigenvalue weighted by Gasteiger charge is -2.35. The molecule has 0 radical (unpaired) electrons. The molecule has 18 heavy (non-hydrogen) atoms. The number of carbonyl (C=O) groups is 1. The summed E-state index contributed by atoms with van der Waals surface area (Å²) in [5.41, 5.74) is -0.690. The first kappa shape index (κ1) is 15.6. The second kappa shape index (κ2) is 7.21. The summed E-state index contributed by atoms with van der Waals surface area (Å²) in [5, 5.41) is 6.19. The van der Waals surface area contributed by atoms with Crippen molar-refractivity contribution >= 4 is 16.7 Å². The highest BCUT2D eigenvalue weighted by atomic mass is 32.2. The molecular formula is C12H24N2O3S. The Bertz CT molecular complexity index is 304. The van der Waals surface area contributed by atoms with E-state index in [1.54, 1.807) is 13.4 Å². The van der Waals surface area contributed by atoms with Gasteiger partial charge in [-0.15, -0.1) is 0 Å². The molecule has 1 heterocycles. The van der Waals surface area contributed by atoms with Crippen LogP contribution < -0.4 is 10.6 Å². The van der Waals surface area contributed by atoms with Gasteiger partial charge in [-0.2, -0.15) is 0 Å². The van der Waals surface area contributed by atoms with Crippen molar-refractivity contribution in [1.29, 1.82) is 0 Å². The van der Waals surface area contributed by atoms with Gasteiger partial charge in [0.15, 0.2) is 0 Å². The number of ether oxygens (including phenoxy) is 1. The van der Waals surface area contributed by atoms with Crippen molar-refractivity contribution in [2.75, 3.05) is 32.2 Å². The van der Waals surface area contributed by atoms with Gasteiger partial charge in [0.25, 0.3) is 5.91 Å². The minimum Gasteiger partial charge on any atom is -0.368 e. The Morgan fingerprint density at radius 3 is 2.61 bits per heavy atom. The van der Waals surface area contributed by atoms with Crippen molar-refractivity contribution in [1.82, 2.24) is 10.6 Å². The molecule has 0 spiro atoms. The van der Waals surface area contributed by atoms with Gasteiger partial charge in [-0.25, -0.2) is 0 Å². The van der Waals surface area contributed by atoms with E-state index in [0.29, 0.717) is 18.6 Å². The summed E-state index contributed by atoms with van der Waals surface area (Å²) in [5.74, 6) is 0.573. The molecule has 1 aliphatic rings. The molecule has 106 valence electrons. The van der Waals surface area contributed by atoms with E-state index >= 15 is 0 Å². The lowest BCUT2D eigenvalue weighted by molar-refractivity contribution is -0.147. The average Bonchev–Trinajstić information content (AvgIpc) is 2.37. The van der Waals surface area contributed by atoms with Crippen LogP contribution in [0.25, 0.3) is 0 Å². The highest BCUT2D eigenvalue weighted by molar-refractivity contribution is 7.84. The molecule has 1 amide bonds. The molecule has 0 bridgehead atoms. The van der Waals surface area contributed by atoms with Gasteiger partial charge in [-0.05, 0) is 39.3 Å². The molecule has 5 nitrogen and oxygen atoms in total. The fourth-order valence-corrected chi connectivity index (χ4v) is 2.81. The van der Waals surface area contributed by atoms with E-state index in [9.17, 15) is 9.00 Å². The quantitative estimate of drug-likeness (QED) is 0.718. The molecule has 2 atom stereocenters. The van der Waals surface area contributed by atoms with Crippen molar-refractivity contribution in [3.63, 3.8) is 0 Å². The zero-order chi connectivity index (χ0) is 13.6. The maximum Gasteiger partial charge on any atom is 0.252 e. The van der Waals surface area contributed by atoms with Crippen LogP contribution in [-0.2, 0) is 20.3 Å². The summed E-state index contributed by atoms with van der Waals surface area (Å²) in [4.78, 5) is 12.3. The number of amides is 1. The summed E-state index contributed by atoms with van der Waals surface area (Å²) in [6.07, 6.45) is 3.80. The van der Waals surface area contributed by atoms with E-state index in [1.807, 2.05) is 6.92 Å². The van der Waals surface area contributed by atoms with Crippen LogP contribution in [0.2, 0.25) is 0 Å². The van der Waals surface area contributed by atoms with E-state index in [1.165, 1.54) is 0 Å². The second-order valence-corrected chi connectivity index (χ2v) is 6.44. The Labute approximate surface area is 111 Å². The number of hydrogen-bond donors (Lipinski definition) is 2. The van der Waals surface area contributed by atoms with Crippen molar-refractivity contribution in [3.8, 4) is 0 Å². The van der Waals surface area contributed by atoms with Crippen molar-refractivity contribution in [3.05, 3.63) is 0 Å². The maximum absolute atomic E-state index is 12.3. The molecule has 2 N–H and O–H groups in total. The number of methoxy groups -OCH3 is 1. The number of piperidine rings is 1. The second-order valence-electron chi connectivity index (χ2n) is 4.89. The molecule has 0 aromatic carbocycles. The Morgan fingerprint density at radius 2 is 2.11 bits per heavy atom. The fourth-order valence-electron chi connectivity index (χ4n) is 2.12. The van der Waals surface area contributed by atoms with Gasteiger partial charge in [-0.3, -0.25) is 9.00 Å². The molecule has 1 fully saturated rings. The van der Waals surface area contributed by atoms with E-state index in [0.717, 1.165) is 19.5 Å². The standard InChI is InChI=1S/C12H24N2O3S/c1-10(4-9-18(3)16)14-11(15)12(17-2)5-7-13-8-6-12/h10,13H,4-9H2,1-3H3,(H,14,15). The zero-order valence-electron chi connectivity index (χ0n) is 11.5. The number of rotatable bonds is 6. The molecule has 1 saturated heterocycles. The monoisotopic (exact) mass is 276 g/mol. The van der Waals surface area contributed by atoms with Crippen LogP contribution in [0.3, 0.4) is 0 Å². The molecule has 2 unspecified atom stereocenters. The Morgan fingerprint density at radius 1 is 1.50 bits per heavy atom. The fraction of sp³-hybridized carbons (Fsp3) is 0.917. The smallest absolute Gasteiger partial charge is 0.252 e. The third-order valence-corrected chi connectivity index (χ3v) is 4.24. The maximum atomic E-state index is 12.3. The number of carbonyl (C=O) groups excluding carboxylic acids is 1. The summed E-state index contributed by atoms with van der Waals surface area (Å²) >= 11 is 0. The molecule has 0 saturated carbocycles. The van der Waals surface area contributed by atoms with E-state index in [-0.39, 0.29) is 11.9 Å². The minimum absolute atomic E-state index is 0.0308. The van der Waals surface area contributed by atoms with Gasteiger partial charge in [0.2, 0.25) is 0 Å². The molecule has 1 aliphatic heterocycles. The third kappa shape index (κ3) is 4.33. The van der Waals surface area contributed by atoms with Crippen molar-refractivity contribution in [2.24, 2.45) is 0 Å². The normalized spacial score (nSPS) is 22.2. The molecule has 1 rings (SSSR count). The average molecular weight is 276 g/mol. The summed E-state index contributed by atoms with van der Waals surface area (Å²) in [7, 11) is 0.783. The van der Waals surface area contributed by atoms with Crippen LogP contribution >= 0.6 is 0 Å². The van der Waals surface area contributed by atoms with Crippen LogP contribution in [0.5, 0.6) is 0 Å². The van der Waals surface area contributed by atoms with E-state index in [4.69, 9.17) is 4.74 Å². The molecule has 0 aromatic heterocycles. The molecule has 6 heteroatoms. The summed E-state index contributed by atoms with van der Waals surface area (Å²) < 4.78 is 16.5. The lowest BCUT2D eigenvalue weighted by Crippen LogP contribution is -2.55. The van der Waals surface area contributed by atoms with Gasteiger partial charge in [0, 0.05) is 36.0 Å². The van der Waals surface area contributed by atoms with Crippen LogP contribution in [0.15, 0.2) is 0 Å². The van der Waals surface area contributed by atoms with Gasteiger partial charge in [0.1, 0.15) is 5.60 Å². The van der Waals surface area contributed by atoms with Crippen LogP contribution in [0.1, 0.15) is 26.2 Å². The minimum atomic E-state index is -0.810. The SMILES string of the molecule is COC1(C(=O)NC(C)CCS(C)=O)CCNCC1. The van der Waals surface area contributed by atoms with E-state index < -0.39 is 16.4 Å². The lowest BCUT2D eigenvalue weighted by atomic mass is 9.91. The summed E-state index contributed by atoms with van der Waals surface area (Å²) in [6, 6.07) is 0.0308. The number of hydrogen-bond acceptors (Lipinski definition) is 4. The predicted molar refractivity (Wildman–Crippen MR) is 73.0 cm³/mol. The van der Waals surface area contributed by atoms with Gasteiger partial charge >= 0.3 is 0 Å². The highest BCUT2D eigenvalue weighted by Gasteiger charge is 2.39. The molecule has 0 aliphatic carbocycles. The van der Waals surface area contributed by atoms with Crippen LogP contribution in [0, 0.1) is 0 Å². The van der Waals surface area contributed by atoms with Gasteiger partial charge < -0.3 is 15.4 Å². The zero-order valence-corrected chi connectivity index (χ0v) is 12.3. The highest BCUT2D eigenvalue weighted by Crippen LogP contribution is 2.22. The Balaban J connectivity index is 2.48. The Kier molecular flexibility index (Phi) is 6.25. The number of nitrogens with one attached hydrogen (secondary N) is 2. The van der Waals surface area contributed by atoms with Crippen molar-refractivity contribution < 1.29 is 13.7 Å². The Hall–Kier alpha value is -0.460. The van der Waals surface area contributed by atoms with Crippen molar-refractivity contribution in [2.45, 2.75) is 37.8 Å². The van der Waals surface area contributed by atoms with E-state index in [2.05, 4.69) is 10.6 Å². The topological polar surface area (TPSA) is 67.4 Å². The third-order valence-electron chi connectivity index (χ3n) is 3.43.